The Kier molecular flexibility index (Phi) is 4.03. The molecule has 0 saturated heterocycles. The fourth-order valence-corrected chi connectivity index (χ4v) is 1.15. The molecule has 0 aliphatic carbocycles. The normalized spacial score (nSPS) is 11.4. The lowest BCUT2D eigenvalue weighted by molar-refractivity contribution is -0.276. The SMILES string of the molecule is N#Cc1cc(C(F)F)c(OC(F)(F)F)nc1CN. The van der Waals surface area contributed by atoms with Crippen molar-refractivity contribution in [2.75, 3.05) is 0 Å². The molecule has 0 amide bonds. The standard InChI is InChI=1S/C9H6F5N3O/c10-7(11)5-1-4(2-15)6(3-16)17-8(5)18-9(12,13)14/h1,7H,3,16H2. The van der Waals surface area contributed by atoms with Gasteiger partial charge in [0.05, 0.1) is 16.8 Å². The molecule has 1 aromatic heterocycles. The first-order valence-corrected chi connectivity index (χ1v) is 4.46. The number of aromatic nitrogens is 1. The van der Waals surface area contributed by atoms with Gasteiger partial charge in [0.1, 0.15) is 6.07 Å². The van der Waals surface area contributed by atoms with Gasteiger partial charge in [0, 0.05) is 6.54 Å². The van der Waals surface area contributed by atoms with Crippen LogP contribution in [0.2, 0.25) is 0 Å². The van der Waals surface area contributed by atoms with Crippen molar-refractivity contribution in [2.24, 2.45) is 5.73 Å². The van der Waals surface area contributed by atoms with Gasteiger partial charge in [-0.25, -0.2) is 13.8 Å². The average molecular weight is 267 g/mol. The molecule has 1 aromatic rings. The molecule has 4 nitrogen and oxygen atoms in total. The Bertz CT molecular complexity index is 480. The summed E-state index contributed by atoms with van der Waals surface area (Å²) in [5, 5.41) is 8.63. The van der Waals surface area contributed by atoms with Crippen LogP contribution in [0.4, 0.5) is 22.0 Å². The second kappa shape index (κ2) is 5.14. The van der Waals surface area contributed by atoms with E-state index in [0.29, 0.717) is 6.07 Å². The van der Waals surface area contributed by atoms with Gasteiger partial charge in [0.25, 0.3) is 6.43 Å². The molecule has 98 valence electrons. The first-order valence-electron chi connectivity index (χ1n) is 4.46. The lowest BCUT2D eigenvalue weighted by Gasteiger charge is -2.13. The Labute approximate surface area is 97.8 Å². The highest BCUT2D eigenvalue weighted by molar-refractivity contribution is 5.42. The van der Waals surface area contributed by atoms with Crippen molar-refractivity contribution in [3.8, 4) is 11.9 Å². The van der Waals surface area contributed by atoms with Gasteiger partial charge in [-0.2, -0.15) is 5.26 Å². The maximum Gasteiger partial charge on any atom is 0.574 e. The van der Waals surface area contributed by atoms with Crippen molar-refractivity contribution in [2.45, 2.75) is 19.3 Å². The fourth-order valence-electron chi connectivity index (χ4n) is 1.15. The number of pyridine rings is 1. The number of rotatable bonds is 3. The molecule has 0 saturated carbocycles. The topological polar surface area (TPSA) is 71.9 Å². The molecule has 0 fully saturated rings. The van der Waals surface area contributed by atoms with Crippen molar-refractivity contribution in [3.05, 3.63) is 22.9 Å². The van der Waals surface area contributed by atoms with E-state index < -0.39 is 24.2 Å². The van der Waals surface area contributed by atoms with Gasteiger partial charge in [0.15, 0.2) is 0 Å². The first kappa shape index (κ1) is 14.1. The van der Waals surface area contributed by atoms with Crippen LogP contribution in [-0.4, -0.2) is 11.3 Å². The molecular weight excluding hydrogens is 261 g/mol. The van der Waals surface area contributed by atoms with Gasteiger partial charge in [-0.15, -0.1) is 13.2 Å². The summed E-state index contributed by atoms with van der Waals surface area (Å²) < 4.78 is 64.4. The number of nitrogens with two attached hydrogens (primary N) is 1. The lowest BCUT2D eigenvalue weighted by Crippen LogP contribution is -2.20. The summed E-state index contributed by atoms with van der Waals surface area (Å²) in [4.78, 5) is 3.20. The summed E-state index contributed by atoms with van der Waals surface area (Å²) in [7, 11) is 0. The Hall–Kier alpha value is -1.95. The smallest absolute Gasteiger partial charge is 0.387 e. The van der Waals surface area contributed by atoms with E-state index in [1.165, 1.54) is 6.07 Å². The quantitative estimate of drug-likeness (QED) is 0.852. The van der Waals surface area contributed by atoms with E-state index in [1.54, 1.807) is 0 Å². The van der Waals surface area contributed by atoms with Crippen molar-refractivity contribution >= 4 is 0 Å². The fraction of sp³-hybridized carbons (Fsp3) is 0.333. The second-order valence-electron chi connectivity index (χ2n) is 3.04. The Morgan fingerprint density at radius 1 is 1.44 bits per heavy atom. The predicted octanol–water partition coefficient (Wildman–Crippen LogP) is 2.25. The third-order valence-corrected chi connectivity index (χ3v) is 1.86. The molecule has 0 aliphatic rings. The molecule has 9 heteroatoms. The van der Waals surface area contributed by atoms with Gasteiger partial charge in [-0.1, -0.05) is 0 Å². The van der Waals surface area contributed by atoms with Crippen LogP contribution in [0, 0.1) is 11.3 Å². The minimum Gasteiger partial charge on any atom is -0.387 e. The zero-order chi connectivity index (χ0) is 13.9. The van der Waals surface area contributed by atoms with Crippen LogP contribution in [-0.2, 0) is 6.54 Å². The number of ether oxygens (including phenoxy) is 1. The van der Waals surface area contributed by atoms with Gasteiger partial charge in [-0.3, -0.25) is 0 Å². The zero-order valence-electron chi connectivity index (χ0n) is 8.63. The molecule has 1 heterocycles. The third-order valence-electron chi connectivity index (χ3n) is 1.86. The average Bonchev–Trinajstić information content (AvgIpc) is 2.25. The van der Waals surface area contributed by atoms with Crippen LogP contribution in [0.1, 0.15) is 23.2 Å². The maximum absolute atomic E-state index is 12.5. The van der Waals surface area contributed by atoms with Crippen LogP contribution < -0.4 is 10.5 Å². The number of halogens is 5. The highest BCUT2D eigenvalue weighted by atomic mass is 19.4. The van der Waals surface area contributed by atoms with Gasteiger partial charge in [0.2, 0.25) is 5.88 Å². The van der Waals surface area contributed by atoms with E-state index in [2.05, 4.69) is 9.72 Å². The van der Waals surface area contributed by atoms with Crippen LogP contribution in [0.25, 0.3) is 0 Å². The minimum atomic E-state index is -5.16. The highest BCUT2D eigenvalue weighted by Gasteiger charge is 2.34. The molecule has 0 radical (unpaired) electrons. The highest BCUT2D eigenvalue weighted by Crippen LogP contribution is 2.32. The number of nitriles is 1. The number of alkyl halides is 5. The summed E-state index contributed by atoms with van der Waals surface area (Å²) >= 11 is 0. The molecule has 0 unspecified atom stereocenters. The molecule has 0 aromatic carbocycles. The Balaban J connectivity index is 3.35. The van der Waals surface area contributed by atoms with E-state index >= 15 is 0 Å². The molecule has 1 rings (SSSR count). The van der Waals surface area contributed by atoms with Crippen LogP contribution in [0.15, 0.2) is 6.07 Å². The molecule has 0 aliphatic heterocycles. The predicted molar refractivity (Wildman–Crippen MR) is 48.5 cm³/mol. The summed E-state index contributed by atoms with van der Waals surface area (Å²) in [6, 6.07) is 2.10. The summed E-state index contributed by atoms with van der Waals surface area (Å²) in [5.41, 5.74) is 3.47. The molecule has 0 bridgehead atoms. The maximum atomic E-state index is 12.5. The van der Waals surface area contributed by atoms with Gasteiger partial charge < -0.3 is 10.5 Å². The summed E-state index contributed by atoms with van der Waals surface area (Å²) in [5.74, 6) is -1.29. The van der Waals surface area contributed by atoms with Crippen molar-refractivity contribution < 1.29 is 26.7 Å². The van der Waals surface area contributed by atoms with E-state index in [1.807, 2.05) is 0 Å². The monoisotopic (exact) mass is 267 g/mol. The van der Waals surface area contributed by atoms with Crippen molar-refractivity contribution in [1.82, 2.24) is 4.98 Å². The molecule has 0 spiro atoms. The van der Waals surface area contributed by atoms with E-state index in [9.17, 15) is 22.0 Å². The van der Waals surface area contributed by atoms with Gasteiger partial charge in [-0.05, 0) is 6.07 Å². The first-order chi connectivity index (χ1) is 8.28. The van der Waals surface area contributed by atoms with Crippen molar-refractivity contribution in [3.63, 3.8) is 0 Å². The van der Waals surface area contributed by atoms with Crippen LogP contribution >= 0.6 is 0 Å². The molecule has 18 heavy (non-hydrogen) atoms. The lowest BCUT2D eigenvalue weighted by atomic mass is 10.1. The zero-order valence-corrected chi connectivity index (χ0v) is 8.63. The number of nitrogens with zero attached hydrogens (tertiary/aromatic N) is 2. The van der Waals surface area contributed by atoms with E-state index in [4.69, 9.17) is 11.0 Å². The second-order valence-corrected chi connectivity index (χ2v) is 3.04. The minimum absolute atomic E-state index is 0.249. The van der Waals surface area contributed by atoms with E-state index in [0.717, 1.165) is 0 Å². The third kappa shape index (κ3) is 3.27. The summed E-state index contributed by atoms with van der Waals surface area (Å²) in [6.07, 6.45) is -8.41. The van der Waals surface area contributed by atoms with Crippen molar-refractivity contribution in [1.29, 1.82) is 5.26 Å². The Morgan fingerprint density at radius 2 is 2.06 bits per heavy atom. The van der Waals surface area contributed by atoms with Gasteiger partial charge >= 0.3 is 6.36 Å². The Morgan fingerprint density at radius 3 is 2.44 bits per heavy atom. The van der Waals surface area contributed by atoms with Crippen LogP contribution in [0.3, 0.4) is 0 Å². The number of hydrogen-bond acceptors (Lipinski definition) is 4. The molecule has 2 N–H and O–H groups in total. The number of hydrogen-bond donors (Lipinski definition) is 1. The molecule has 0 atom stereocenters. The molecular formula is C9H6F5N3O. The summed E-state index contributed by atoms with van der Waals surface area (Å²) in [6.45, 7) is -0.374. The van der Waals surface area contributed by atoms with E-state index in [-0.39, 0.29) is 17.8 Å². The van der Waals surface area contributed by atoms with Crippen LogP contribution in [0.5, 0.6) is 5.88 Å². The largest absolute Gasteiger partial charge is 0.574 e.